The number of anilines is 2. The second kappa shape index (κ2) is 6.08. The van der Waals surface area contributed by atoms with Gasteiger partial charge >= 0.3 is 0 Å². The fourth-order valence-corrected chi connectivity index (χ4v) is 3.69. The van der Waals surface area contributed by atoms with Crippen molar-refractivity contribution < 1.29 is 4.74 Å². The Bertz CT molecular complexity index is 1150. The summed E-state index contributed by atoms with van der Waals surface area (Å²) in [4.78, 5) is 13.4. The number of nitrogens with zero attached hydrogens (tertiary/aromatic N) is 5. The quantitative estimate of drug-likeness (QED) is 0.577. The van der Waals surface area contributed by atoms with Crippen molar-refractivity contribution in [1.82, 2.24) is 24.6 Å². The van der Waals surface area contributed by atoms with Crippen molar-refractivity contribution in [1.29, 1.82) is 0 Å². The summed E-state index contributed by atoms with van der Waals surface area (Å²) in [6.07, 6.45) is 6.46. The zero-order chi connectivity index (χ0) is 18.4. The number of para-hydroxylation sites is 1. The molecule has 1 aromatic carbocycles. The van der Waals surface area contributed by atoms with Gasteiger partial charge in [0.15, 0.2) is 11.5 Å². The van der Waals surface area contributed by atoms with Crippen LogP contribution in [0.5, 0.6) is 5.75 Å². The molecule has 0 saturated carbocycles. The van der Waals surface area contributed by atoms with E-state index in [0.29, 0.717) is 29.3 Å². The molecule has 8 nitrogen and oxygen atoms in total. The highest BCUT2D eigenvalue weighted by atomic mass is 16.5. The summed E-state index contributed by atoms with van der Waals surface area (Å²) in [7, 11) is 1.62. The van der Waals surface area contributed by atoms with E-state index >= 15 is 0 Å². The van der Waals surface area contributed by atoms with E-state index in [2.05, 4.69) is 26.4 Å². The van der Waals surface area contributed by atoms with Gasteiger partial charge in [-0.3, -0.25) is 4.98 Å². The van der Waals surface area contributed by atoms with Crippen molar-refractivity contribution in [2.24, 2.45) is 0 Å². The average Bonchev–Trinajstić information content (AvgIpc) is 3.12. The summed E-state index contributed by atoms with van der Waals surface area (Å²) >= 11 is 0. The van der Waals surface area contributed by atoms with E-state index in [1.54, 1.807) is 11.6 Å². The van der Waals surface area contributed by atoms with E-state index in [0.717, 1.165) is 29.7 Å². The molecule has 1 unspecified atom stereocenters. The lowest BCUT2D eigenvalue weighted by Gasteiger charge is -2.25. The van der Waals surface area contributed by atoms with Gasteiger partial charge in [-0.05, 0) is 36.6 Å². The summed E-state index contributed by atoms with van der Waals surface area (Å²) in [5, 5.41) is 9.00. The number of nitrogen functional groups attached to an aromatic ring is 1. The number of fused-ring (bicyclic) bond motifs is 4. The van der Waals surface area contributed by atoms with Crippen LogP contribution in [-0.2, 0) is 12.8 Å². The van der Waals surface area contributed by atoms with E-state index in [-0.39, 0.29) is 6.04 Å². The first-order valence-electron chi connectivity index (χ1n) is 8.90. The molecule has 27 heavy (non-hydrogen) atoms. The molecule has 136 valence electrons. The number of aromatic nitrogens is 5. The Morgan fingerprint density at radius 1 is 1.30 bits per heavy atom. The summed E-state index contributed by atoms with van der Waals surface area (Å²) in [5.74, 6) is 1.71. The first-order valence-corrected chi connectivity index (χ1v) is 8.90. The van der Waals surface area contributed by atoms with Crippen LogP contribution in [0.3, 0.4) is 0 Å². The molecule has 0 amide bonds. The molecule has 0 radical (unpaired) electrons. The highest BCUT2D eigenvalue weighted by molar-refractivity contribution is 5.95. The summed E-state index contributed by atoms with van der Waals surface area (Å²) < 4.78 is 7.01. The third-order valence-corrected chi connectivity index (χ3v) is 5.02. The first-order chi connectivity index (χ1) is 13.2. The molecule has 3 aromatic heterocycles. The molecule has 4 heterocycles. The number of hydrogen-bond donors (Lipinski definition) is 2. The topological polar surface area (TPSA) is 103 Å². The first kappa shape index (κ1) is 15.8. The van der Waals surface area contributed by atoms with E-state index in [9.17, 15) is 0 Å². The SMILES string of the molecule is COc1cccc2c1nc(N)n1nc(CC3CCc4ccncc4N3)nc21. The van der Waals surface area contributed by atoms with Crippen molar-refractivity contribution in [2.75, 3.05) is 18.2 Å². The number of nitrogens with two attached hydrogens (primary N) is 1. The number of methoxy groups -OCH3 is 1. The Morgan fingerprint density at radius 3 is 3.11 bits per heavy atom. The number of pyridine rings is 1. The van der Waals surface area contributed by atoms with Gasteiger partial charge in [-0.25, -0.2) is 9.97 Å². The lowest BCUT2D eigenvalue weighted by atomic mass is 9.97. The fraction of sp³-hybridized carbons (Fsp3) is 0.263. The second-order valence-corrected chi connectivity index (χ2v) is 6.71. The Balaban J connectivity index is 1.52. The zero-order valence-corrected chi connectivity index (χ0v) is 14.9. The predicted molar refractivity (Wildman–Crippen MR) is 103 cm³/mol. The molecule has 1 atom stereocenters. The van der Waals surface area contributed by atoms with E-state index < -0.39 is 0 Å². The van der Waals surface area contributed by atoms with Crippen molar-refractivity contribution >= 4 is 28.2 Å². The van der Waals surface area contributed by atoms with Crippen LogP contribution in [0.1, 0.15) is 17.8 Å². The number of nitrogens with one attached hydrogen (secondary N) is 1. The minimum Gasteiger partial charge on any atom is -0.494 e. The van der Waals surface area contributed by atoms with Crippen LogP contribution in [0.25, 0.3) is 16.6 Å². The normalized spacial score (nSPS) is 16.3. The van der Waals surface area contributed by atoms with Gasteiger partial charge < -0.3 is 15.8 Å². The number of aryl methyl sites for hydroxylation is 1. The smallest absolute Gasteiger partial charge is 0.223 e. The van der Waals surface area contributed by atoms with Crippen LogP contribution < -0.4 is 15.8 Å². The summed E-state index contributed by atoms with van der Waals surface area (Å²) in [6.45, 7) is 0. The van der Waals surface area contributed by atoms with Crippen LogP contribution in [0.2, 0.25) is 0 Å². The van der Waals surface area contributed by atoms with Crippen molar-refractivity contribution in [2.45, 2.75) is 25.3 Å². The van der Waals surface area contributed by atoms with E-state index in [1.165, 1.54) is 5.56 Å². The number of benzene rings is 1. The second-order valence-electron chi connectivity index (χ2n) is 6.71. The Hall–Kier alpha value is -3.42. The Labute approximate surface area is 155 Å². The molecule has 8 heteroatoms. The number of rotatable bonds is 3. The zero-order valence-electron chi connectivity index (χ0n) is 14.9. The molecule has 5 rings (SSSR count). The molecular formula is C19H19N7O. The third kappa shape index (κ3) is 2.61. The minimum absolute atomic E-state index is 0.258. The average molecular weight is 361 g/mol. The standard InChI is InChI=1S/C19H19N7O/c1-27-15-4-2-3-13-17(15)24-19(20)26-18(13)23-16(25-26)9-12-6-5-11-7-8-21-10-14(11)22-12/h2-4,7-8,10,12,22H,5-6,9H2,1H3,(H2,20,24). The molecule has 1 aliphatic rings. The van der Waals surface area contributed by atoms with Gasteiger partial charge in [-0.15, -0.1) is 5.10 Å². The third-order valence-electron chi connectivity index (χ3n) is 5.02. The maximum Gasteiger partial charge on any atom is 0.223 e. The highest BCUT2D eigenvalue weighted by Crippen LogP contribution is 2.28. The predicted octanol–water partition coefficient (Wildman–Crippen LogP) is 2.23. The maximum atomic E-state index is 6.13. The highest BCUT2D eigenvalue weighted by Gasteiger charge is 2.21. The van der Waals surface area contributed by atoms with Crippen LogP contribution >= 0.6 is 0 Å². The fourth-order valence-electron chi connectivity index (χ4n) is 3.69. The van der Waals surface area contributed by atoms with Crippen molar-refractivity contribution in [3.05, 3.63) is 48.0 Å². The number of hydrogen-bond acceptors (Lipinski definition) is 7. The van der Waals surface area contributed by atoms with Crippen LogP contribution in [-0.4, -0.2) is 37.7 Å². The lowest BCUT2D eigenvalue weighted by molar-refractivity contribution is 0.419. The minimum atomic E-state index is 0.258. The summed E-state index contributed by atoms with van der Waals surface area (Å²) in [6, 6.07) is 8.06. The van der Waals surface area contributed by atoms with Crippen molar-refractivity contribution in [3.8, 4) is 5.75 Å². The van der Waals surface area contributed by atoms with Gasteiger partial charge in [-0.2, -0.15) is 4.52 Å². The van der Waals surface area contributed by atoms with Gasteiger partial charge in [0.05, 0.1) is 19.0 Å². The van der Waals surface area contributed by atoms with Gasteiger partial charge in [0.25, 0.3) is 0 Å². The monoisotopic (exact) mass is 361 g/mol. The van der Waals surface area contributed by atoms with Gasteiger partial charge in [0.2, 0.25) is 5.95 Å². The number of ether oxygens (including phenoxy) is 1. The molecule has 0 aliphatic carbocycles. The van der Waals surface area contributed by atoms with Gasteiger partial charge in [-0.1, -0.05) is 6.07 Å². The molecule has 3 N–H and O–H groups in total. The molecular weight excluding hydrogens is 342 g/mol. The Morgan fingerprint density at radius 2 is 2.22 bits per heavy atom. The maximum absolute atomic E-state index is 6.13. The van der Waals surface area contributed by atoms with E-state index in [4.69, 9.17) is 15.5 Å². The molecule has 1 aliphatic heterocycles. The molecule has 4 aromatic rings. The van der Waals surface area contributed by atoms with Crippen LogP contribution in [0.15, 0.2) is 36.7 Å². The molecule has 0 saturated heterocycles. The van der Waals surface area contributed by atoms with Gasteiger partial charge in [0, 0.05) is 24.0 Å². The van der Waals surface area contributed by atoms with Gasteiger partial charge in [0.1, 0.15) is 11.3 Å². The molecule has 0 bridgehead atoms. The summed E-state index contributed by atoms with van der Waals surface area (Å²) in [5.41, 5.74) is 9.91. The Kier molecular flexibility index (Phi) is 3.56. The van der Waals surface area contributed by atoms with Crippen LogP contribution in [0.4, 0.5) is 11.6 Å². The van der Waals surface area contributed by atoms with Crippen molar-refractivity contribution in [3.63, 3.8) is 0 Å². The van der Waals surface area contributed by atoms with Crippen LogP contribution in [0, 0.1) is 0 Å². The molecule has 0 spiro atoms. The lowest BCUT2D eigenvalue weighted by Crippen LogP contribution is -2.28. The largest absolute Gasteiger partial charge is 0.494 e. The van der Waals surface area contributed by atoms with E-state index in [1.807, 2.05) is 30.6 Å². The molecule has 0 fully saturated rings.